The van der Waals surface area contributed by atoms with Gasteiger partial charge in [0.25, 0.3) is 0 Å². The maximum Gasteiger partial charge on any atom is 0.190 e. The Kier molecular flexibility index (Phi) is 5.30. The van der Waals surface area contributed by atoms with Gasteiger partial charge in [-0.05, 0) is 72.8 Å². The number of aromatic nitrogens is 6. The fraction of sp³-hybridized carbons (Fsp3) is 0. The highest BCUT2D eigenvalue weighted by atomic mass is 19.1. The Morgan fingerprint density at radius 1 is 0.429 bits per heavy atom. The van der Waals surface area contributed by atoms with Gasteiger partial charge in [0.15, 0.2) is 36.1 Å². The van der Waals surface area contributed by atoms with Crippen molar-refractivity contribution in [1.82, 2.24) is 28.7 Å². The lowest BCUT2D eigenvalue weighted by Crippen LogP contribution is -1.95. The van der Waals surface area contributed by atoms with E-state index in [1.807, 2.05) is 0 Å². The quantitative estimate of drug-likeness (QED) is 0.258. The van der Waals surface area contributed by atoms with Crippen LogP contribution in [0, 0.1) is 51.8 Å². The lowest BCUT2D eigenvalue weighted by molar-refractivity contribution is 0.627. The lowest BCUT2D eigenvalue weighted by Gasteiger charge is -2.01. The Bertz CT molecular complexity index is 2050. The number of hydrogen-bond acceptors (Lipinski definition) is 6. The standard InChI is InChI=1S/C30H12F3N9/c31-19-7-1-16(2-8-19)28-37-22-25(40(28)13-34)23-27(42(15-36)29(38-23)17-3-9-20(32)10-4-17)24-26(22)41(14-35)30(39-24)18-5-11-21(33)12-6-18/h1-12H. The number of imidazole rings is 3. The van der Waals surface area contributed by atoms with E-state index in [-0.39, 0.29) is 50.6 Å². The molecule has 198 valence electrons. The third kappa shape index (κ3) is 3.45. The predicted molar refractivity (Wildman–Crippen MR) is 146 cm³/mol. The molecular formula is C30H12F3N9. The minimum Gasteiger partial charge on any atom is -0.225 e. The summed E-state index contributed by atoms with van der Waals surface area (Å²) in [5.74, 6) is -1.01. The summed E-state index contributed by atoms with van der Waals surface area (Å²) in [6.07, 6.45) is 6.27. The molecule has 0 N–H and O–H groups in total. The number of fused-ring (bicyclic) bond motifs is 6. The molecule has 3 aromatic heterocycles. The van der Waals surface area contributed by atoms with Crippen LogP contribution in [-0.2, 0) is 0 Å². The van der Waals surface area contributed by atoms with Crippen molar-refractivity contribution < 1.29 is 13.2 Å². The third-order valence-electron chi connectivity index (χ3n) is 6.91. The normalized spacial score (nSPS) is 11.1. The summed E-state index contributed by atoms with van der Waals surface area (Å²) in [7, 11) is 0. The Balaban J connectivity index is 1.71. The van der Waals surface area contributed by atoms with Crippen LogP contribution in [0.1, 0.15) is 0 Å². The van der Waals surface area contributed by atoms with Gasteiger partial charge in [-0.2, -0.15) is 15.8 Å². The monoisotopic (exact) mass is 555 g/mol. The van der Waals surface area contributed by atoms with Gasteiger partial charge in [-0.25, -0.2) is 41.8 Å². The van der Waals surface area contributed by atoms with Gasteiger partial charge in [0.2, 0.25) is 0 Å². The first-order valence-corrected chi connectivity index (χ1v) is 12.3. The minimum absolute atomic E-state index is 0.144. The third-order valence-corrected chi connectivity index (χ3v) is 6.91. The molecule has 12 heteroatoms. The summed E-state index contributed by atoms with van der Waals surface area (Å²) >= 11 is 0. The van der Waals surface area contributed by atoms with Crippen molar-refractivity contribution in [3.05, 3.63) is 90.2 Å². The van der Waals surface area contributed by atoms with E-state index < -0.39 is 17.5 Å². The lowest BCUT2D eigenvalue weighted by atomic mass is 10.2. The zero-order valence-electron chi connectivity index (χ0n) is 21.1. The van der Waals surface area contributed by atoms with E-state index in [4.69, 9.17) is 15.0 Å². The number of nitrogens with zero attached hydrogens (tertiary/aromatic N) is 9. The molecular weight excluding hydrogens is 543 g/mol. The van der Waals surface area contributed by atoms with E-state index in [1.165, 1.54) is 86.5 Å². The molecule has 3 heterocycles. The highest BCUT2D eigenvalue weighted by molar-refractivity contribution is 6.21. The van der Waals surface area contributed by atoms with Crippen molar-refractivity contribution in [2.45, 2.75) is 0 Å². The van der Waals surface area contributed by atoms with E-state index in [2.05, 4.69) is 18.6 Å². The summed E-state index contributed by atoms with van der Waals surface area (Å²) < 4.78 is 44.8. The van der Waals surface area contributed by atoms with E-state index in [9.17, 15) is 29.0 Å². The first-order chi connectivity index (χ1) is 20.4. The number of nitriles is 3. The Morgan fingerprint density at radius 2 is 0.667 bits per heavy atom. The highest BCUT2D eigenvalue weighted by Crippen LogP contribution is 2.40. The summed E-state index contributed by atoms with van der Waals surface area (Å²) in [5, 5.41) is 30.9. The number of hydrogen-bond donors (Lipinski definition) is 0. The molecule has 0 bridgehead atoms. The van der Waals surface area contributed by atoms with Gasteiger partial charge in [0.05, 0.1) is 0 Å². The van der Waals surface area contributed by atoms with Gasteiger partial charge in [-0.15, -0.1) is 0 Å². The maximum absolute atomic E-state index is 13.7. The van der Waals surface area contributed by atoms with Crippen LogP contribution in [0.15, 0.2) is 72.8 Å². The van der Waals surface area contributed by atoms with E-state index in [0.717, 1.165) is 0 Å². The van der Waals surface area contributed by atoms with Crippen molar-refractivity contribution in [2.75, 3.05) is 0 Å². The van der Waals surface area contributed by atoms with Crippen LogP contribution in [0.25, 0.3) is 67.3 Å². The first-order valence-electron chi connectivity index (χ1n) is 12.3. The molecule has 42 heavy (non-hydrogen) atoms. The van der Waals surface area contributed by atoms with Crippen molar-refractivity contribution in [3.8, 4) is 52.7 Å². The summed E-state index contributed by atoms with van der Waals surface area (Å²) in [5.41, 5.74) is 2.30. The van der Waals surface area contributed by atoms with Gasteiger partial charge in [-0.1, -0.05) is 0 Å². The fourth-order valence-electron chi connectivity index (χ4n) is 5.08. The maximum atomic E-state index is 13.7. The van der Waals surface area contributed by atoms with E-state index >= 15 is 0 Å². The molecule has 0 saturated carbocycles. The molecule has 0 unspecified atom stereocenters. The van der Waals surface area contributed by atoms with Crippen LogP contribution in [0.3, 0.4) is 0 Å². The largest absolute Gasteiger partial charge is 0.225 e. The molecule has 0 fully saturated rings. The predicted octanol–water partition coefficient (Wildman–Crippen LogP) is 6.14. The molecule has 9 nitrogen and oxygen atoms in total. The molecule has 4 aromatic carbocycles. The molecule has 0 spiro atoms. The molecule has 0 saturated heterocycles. The molecule has 7 rings (SSSR count). The Labute approximate surface area is 233 Å². The van der Waals surface area contributed by atoms with Crippen LogP contribution < -0.4 is 0 Å². The number of halogens is 3. The first kappa shape index (κ1) is 24.6. The van der Waals surface area contributed by atoms with Gasteiger partial charge in [0.1, 0.15) is 50.6 Å². The second-order valence-electron chi connectivity index (χ2n) is 9.22. The second kappa shape index (κ2) is 9.05. The van der Waals surface area contributed by atoms with Gasteiger partial charge >= 0.3 is 0 Å². The average Bonchev–Trinajstić information content (AvgIpc) is 3.69. The van der Waals surface area contributed by atoms with Crippen LogP contribution in [0.5, 0.6) is 0 Å². The fourth-order valence-corrected chi connectivity index (χ4v) is 5.08. The average molecular weight is 555 g/mol. The molecule has 0 atom stereocenters. The van der Waals surface area contributed by atoms with Crippen molar-refractivity contribution in [1.29, 1.82) is 15.8 Å². The van der Waals surface area contributed by atoms with E-state index in [0.29, 0.717) is 16.7 Å². The molecule has 0 aliphatic rings. The molecule has 0 amide bonds. The van der Waals surface area contributed by atoms with Gasteiger partial charge < -0.3 is 0 Å². The topological polar surface area (TPSA) is 125 Å². The van der Waals surface area contributed by atoms with Crippen molar-refractivity contribution >= 4 is 33.1 Å². The Morgan fingerprint density at radius 3 is 0.881 bits per heavy atom. The molecule has 0 aliphatic carbocycles. The second-order valence-corrected chi connectivity index (χ2v) is 9.22. The molecule has 7 aromatic rings. The number of benzene rings is 4. The highest BCUT2D eigenvalue weighted by Gasteiger charge is 2.29. The SMILES string of the molecule is N#Cn1c(-c2ccc(F)cc2)nc2c1c1nc(-c3ccc(F)cc3)n(C#N)c1c1nc(-c3ccc(F)cc3)n(C#N)c21. The van der Waals surface area contributed by atoms with Gasteiger partial charge in [0, 0.05) is 16.7 Å². The number of rotatable bonds is 3. The van der Waals surface area contributed by atoms with Crippen molar-refractivity contribution in [2.24, 2.45) is 0 Å². The zero-order valence-corrected chi connectivity index (χ0v) is 21.1. The van der Waals surface area contributed by atoms with Crippen molar-refractivity contribution in [3.63, 3.8) is 0 Å². The van der Waals surface area contributed by atoms with E-state index in [1.54, 1.807) is 0 Å². The van der Waals surface area contributed by atoms with Gasteiger partial charge in [-0.3, -0.25) is 0 Å². The van der Waals surface area contributed by atoms with Crippen LogP contribution in [-0.4, -0.2) is 28.7 Å². The summed E-state index contributed by atoms with van der Waals surface area (Å²) in [6, 6.07) is 16.1. The summed E-state index contributed by atoms with van der Waals surface area (Å²) in [6.45, 7) is 0. The molecule has 0 radical (unpaired) electrons. The smallest absolute Gasteiger partial charge is 0.190 e. The minimum atomic E-state index is -0.480. The Hall–Kier alpha value is -6.45. The summed E-state index contributed by atoms with van der Waals surface area (Å²) in [4.78, 5) is 14.1. The molecule has 0 aliphatic heterocycles. The van der Waals surface area contributed by atoms with Crippen LogP contribution in [0.4, 0.5) is 13.2 Å². The van der Waals surface area contributed by atoms with Crippen LogP contribution in [0.2, 0.25) is 0 Å². The van der Waals surface area contributed by atoms with Crippen LogP contribution >= 0.6 is 0 Å². The zero-order chi connectivity index (χ0) is 29.1.